The van der Waals surface area contributed by atoms with Crippen molar-refractivity contribution in [3.05, 3.63) is 57.5 Å². The molecule has 3 aromatic rings. The third-order valence-electron chi connectivity index (χ3n) is 3.53. The number of carboxylic acids is 1. The first-order valence-electron chi connectivity index (χ1n) is 6.72. The maximum absolute atomic E-state index is 12.0. The fourth-order valence-electron chi connectivity index (χ4n) is 2.41. The average Bonchev–Trinajstić information content (AvgIpc) is 2.88. The van der Waals surface area contributed by atoms with E-state index in [1.807, 2.05) is 0 Å². The number of benzene rings is 1. The molecule has 0 atom stereocenters. The fraction of sp³-hybridized carbons (Fsp3) is 0.133. The van der Waals surface area contributed by atoms with Crippen molar-refractivity contribution in [3.8, 4) is 0 Å². The van der Waals surface area contributed by atoms with E-state index < -0.39 is 5.97 Å². The van der Waals surface area contributed by atoms with E-state index in [1.54, 1.807) is 30.5 Å². The standard InChI is InChI=1S/C15H14N4O3.Na.H/c16-15-18-12-11(13(20)19-15)10(7-17-12)6-3-8-1-4-9(5-2-8)14(21)22;;/h1-2,4-5,7H,3,6H2,(H,21,22)(H4,16,17,18,19,20);;. The molecule has 0 unspecified atom stereocenters. The van der Waals surface area contributed by atoms with Gasteiger partial charge in [0.25, 0.3) is 5.56 Å². The molecule has 3 rings (SSSR count). The van der Waals surface area contributed by atoms with E-state index in [1.165, 1.54) is 0 Å². The molecule has 7 nitrogen and oxygen atoms in total. The maximum atomic E-state index is 12.0. The van der Waals surface area contributed by atoms with Gasteiger partial charge in [-0.3, -0.25) is 9.78 Å². The first-order valence-corrected chi connectivity index (χ1v) is 6.72. The molecule has 0 aliphatic rings. The summed E-state index contributed by atoms with van der Waals surface area (Å²) in [6.45, 7) is 0. The van der Waals surface area contributed by atoms with Crippen LogP contribution in [0.4, 0.5) is 5.95 Å². The van der Waals surface area contributed by atoms with Gasteiger partial charge in [-0.2, -0.15) is 4.98 Å². The van der Waals surface area contributed by atoms with Gasteiger partial charge < -0.3 is 15.8 Å². The summed E-state index contributed by atoms with van der Waals surface area (Å²) < 4.78 is 0. The zero-order valence-corrected chi connectivity index (χ0v) is 11.6. The van der Waals surface area contributed by atoms with E-state index in [0.29, 0.717) is 23.9 Å². The molecular weight excluding hydrogens is 307 g/mol. The molecule has 5 N–H and O–H groups in total. The quantitative estimate of drug-likeness (QED) is 0.525. The molecule has 1 aromatic carbocycles. The fourth-order valence-corrected chi connectivity index (χ4v) is 2.41. The normalized spacial score (nSPS) is 10.4. The van der Waals surface area contributed by atoms with Gasteiger partial charge in [0.2, 0.25) is 5.95 Å². The van der Waals surface area contributed by atoms with E-state index in [4.69, 9.17) is 10.8 Å². The van der Waals surface area contributed by atoms with Crippen molar-refractivity contribution in [3.63, 3.8) is 0 Å². The Labute approximate surface area is 153 Å². The second-order valence-corrected chi connectivity index (χ2v) is 4.99. The number of aryl methyl sites for hydroxylation is 2. The molecular formula is C15H15N4NaO3. The van der Waals surface area contributed by atoms with Crippen LogP contribution in [0.15, 0.2) is 35.3 Å². The number of H-pyrrole nitrogens is 2. The Hall–Kier alpha value is -2.09. The monoisotopic (exact) mass is 322 g/mol. The summed E-state index contributed by atoms with van der Waals surface area (Å²) in [7, 11) is 0. The molecule has 0 fully saturated rings. The molecule has 0 spiro atoms. The van der Waals surface area contributed by atoms with E-state index in [2.05, 4.69) is 15.0 Å². The van der Waals surface area contributed by atoms with Gasteiger partial charge >= 0.3 is 35.5 Å². The molecule has 2 heterocycles. The zero-order chi connectivity index (χ0) is 15.7. The Morgan fingerprint density at radius 2 is 1.91 bits per heavy atom. The second-order valence-electron chi connectivity index (χ2n) is 4.99. The first kappa shape index (κ1) is 17.3. The van der Waals surface area contributed by atoms with Crippen molar-refractivity contribution in [2.24, 2.45) is 0 Å². The summed E-state index contributed by atoms with van der Waals surface area (Å²) in [5, 5.41) is 9.38. The molecule has 8 heteroatoms. The van der Waals surface area contributed by atoms with Crippen molar-refractivity contribution in [1.82, 2.24) is 15.0 Å². The first-order chi connectivity index (χ1) is 10.5. The predicted octanol–water partition coefficient (Wildman–Crippen LogP) is 0.668. The van der Waals surface area contributed by atoms with E-state index in [-0.39, 0.29) is 46.6 Å². The molecule has 0 aliphatic heterocycles. The van der Waals surface area contributed by atoms with Crippen molar-refractivity contribution >= 4 is 52.5 Å². The zero-order valence-electron chi connectivity index (χ0n) is 11.6. The van der Waals surface area contributed by atoms with Crippen LogP contribution in [-0.4, -0.2) is 55.6 Å². The van der Waals surface area contributed by atoms with Gasteiger partial charge in [-0.1, -0.05) is 12.1 Å². The van der Waals surface area contributed by atoms with Gasteiger partial charge in [-0.25, -0.2) is 4.79 Å². The summed E-state index contributed by atoms with van der Waals surface area (Å²) in [5.74, 6) is -0.867. The number of fused-ring (bicyclic) bond motifs is 1. The van der Waals surface area contributed by atoms with E-state index in [9.17, 15) is 9.59 Å². The SMILES string of the molecule is Nc1nc2[nH]cc(CCc3ccc(C(=O)O)cc3)c2c(=O)[nH]1.[NaH]. The molecule has 0 radical (unpaired) electrons. The van der Waals surface area contributed by atoms with Crippen LogP contribution < -0.4 is 11.3 Å². The summed E-state index contributed by atoms with van der Waals surface area (Å²) in [6, 6.07) is 6.70. The van der Waals surface area contributed by atoms with Crippen LogP contribution in [0.25, 0.3) is 11.0 Å². The minimum absolute atomic E-state index is 0. The van der Waals surface area contributed by atoms with E-state index >= 15 is 0 Å². The Bertz CT molecular complexity index is 899. The average molecular weight is 322 g/mol. The molecule has 0 saturated carbocycles. The topological polar surface area (TPSA) is 125 Å². The number of nitrogens with one attached hydrogen (secondary N) is 2. The molecule has 0 bridgehead atoms. The van der Waals surface area contributed by atoms with Gasteiger partial charge in [-0.15, -0.1) is 0 Å². The van der Waals surface area contributed by atoms with Crippen LogP contribution in [0.3, 0.4) is 0 Å². The van der Waals surface area contributed by atoms with Crippen molar-refractivity contribution in [2.75, 3.05) is 5.73 Å². The summed E-state index contributed by atoms with van der Waals surface area (Å²) >= 11 is 0. The molecule has 0 aliphatic carbocycles. The number of hydrogen-bond acceptors (Lipinski definition) is 4. The van der Waals surface area contributed by atoms with Crippen molar-refractivity contribution in [1.29, 1.82) is 0 Å². The Kier molecular flexibility index (Phi) is 5.25. The van der Waals surface area contributed by atoms with Crippen LogP contribution >= 0.6 is 0 Å². The number of aromatic amines is 2. The van der Waals surface area contributed by atoms with E-state index in [0.717, 1.165) is 11.1 Å². The van der Waals surface area contributed by atoms with Gasteiger partial charge in [0, 0.05) is 6.20 Å². The van der Waals surface area contributed by atoms with Crippen LogP contribution in [-0.2, 0) is 12.8 Å². The Balaban J connectivity index is 0.00000192. The Morgan fingerprint density at radius 1 is 1.22 bits per heavy atom. The summed E-state index contributed by atoms with van der Waals surface area (Å²) in [6.07, 6.45) is 3.08. The number of aromatic carboxylic acids is 1. The number of rotatable bonds is 4. The number of aromatic nitrogens is 3. The van der Waals surface area contributed by atoms with Crippen LogP contribution in [0.1, 0.15) is 21.5 Å². The number of hydrogen-bond donors (Lipinski definition) is 4. The molecule has 114 valence electrons. The Morgan fingerprint density at radius 3 is 2.57 bits per heavy atom. The third kappa shape index (κ3) is 3.64. The molecule has 0 saturated heterocycles. The van der Waals surface area contributed by atoms with Crippen LogP contribution in [0.2, 0.25) is 0 Å². The van der Waals surface area contributed by atoms with Crippen LogP contribution in [0, 0.1) is 0 Å². The predicted molar refractivity (Wildman–Crippen MR) is 89.1 cm³/mol. The summed E-state index contributed by atoms with van der Waals surface area (Å²) in [5.41, 5.74) is 7.82. The summed E-state index contributed by atoms with van der Waals surface area (Å²) in [4.78, 5) is 32.2. The van der Waals surface area contributed by atoms with Gasteiger partial charge in [-0.05, 0) is 36.1 Å². The van der Waals surface area contributed by atoms with Gasteiger partial charge in [0.15, 0.2) is 0 Å². The van der Waals surface area contributed by atoms with Gasteiger partial charge in [0.05, 0.1) is 10.9 Å². The minimum atomic E-state index is -0.946. The second kappa shape index (κ2) is 6.99. The van der Waals surface area contributed by atoms with Crippen molar-refractivity contribution < 1.29 is 9.90 Å². The molecule has 0 amide bonds. The number of anilines is 1. The number of carbonyl (C=O) groups is 1. The number of nitrogens with zero attached hydrogens (tertiary/aromatic N) is 1. The third-order valence-corrected chi connectivity index (χ3v) is 3.53. The number of carboxylic acid groups (broad SMARTS) is 1. The molecule has 23 heavy (non-hydrogen) atoms. The molecule has 2 aromatic heterocycles. The van der Waals surface area contributed by atoms with Crippen LogP contribution in [0.5, 0.6) is 0 Å². The number of nitrogen functional groups attached to an aromatic ring is 1. The van der Waals surface area contributed by atoms with Crippen molar-refractivity contribution in [2.45, 2.75) is 12.8 Å². The van der Waals surface area contributed by atoms with Gasteiger partial charge in [0.1, 0.15) is 5.65 Å². The number of nitrogens with two attached hydrogens (primary N) is 1.